The molecule has 0 radical (unpaired) electrons. The number of ether oxygens (including phenoxy) is 1. The lowest BCUT2D eigenvalue weighted by atomic mass is 10.2. The maximum Gasteiger partial charge on any atom is 0.266 e. The molecule has 3 N–H and O–H groups in total. The Morgan fingerprint density at radius 1 is 1.35 bits per heavy atom. The smallest absolute Gasteiger partial charge is 0.266 e. The lowest BCUT2D eigenvalue weighted by Crippen LogP contribution is -2.15. The molecule has 0 aliphatic rings. The van der Waals surface area contributed by atoms with Gasteiger partial charge < -0.3 is 10.5 Å². The number of nitrogens with zero attached hydrogens (tertiary/aromatic N) is 2. The molecule has 106 valence electrons. The Kier molecular flexibility index (Phi) is 4.16. The molecular formula is C12H14N4O3S. The van der Waals surface area contributed by atoms with Crippen molar-refractivity contribution in [3.05, 3.63) is 42.1 Å². The number of benzene rings is 1. The SMILES string of the molecule is COc1ccc(CN)cc1S(=O)(=O)Nc1cccnn1. The molecule has 0 aliphatic heterocycles. The molecule has 2 aromatic rings. The van der Waals surface area contributed by atoms with Crippen molar-refractivity contribution >= 4 is 15.8 Å². The molecule has 0 amide bonds. The topological polar surface area (TPSA) is 107 Å². The molecule has 1 aromatic carbocycles. The van der Waals surface area contributed by atoms with E-state index in [1.54, 1.807) is 18.2 Å². The summed E-state index contributed by atoms with van der Waals surface area (Å²) >= 11 is 0. The Bertz CT molecular complexity index is 689. The number of hydrogen-bond donors (Lipinski definition) is 2. The number of nitrogens with two attached hydrogens (primary N) is 1. The van der Waals surface area contributed by atoms with Crippen molar-refractivity contribution in [2.45, 2.75) is 11.4 Å². The van der Waals surface area contributed by atoms with Crippen LogP contribution in [0, 0.1) is 0 Å². The van der Waals surface area contributed by atoms with Gasteiger partial charge >= 0.3 is 0 Å². The van der Waals surface area contributed by atoms with E-state index in [1.165, 1.54) is 25.4 Å². The van der Waals surface area contributed by atoms with E-state index in [-0.39, 0.29) is 23.0 Å². The van der Waals surface area contributed by atoms with Crippen LogP contribution in [0.15, 0.2) is 41.4 Å². The van der Waals surface area contributed by atoms with E-state index in [0.29, 0.717) is 5.56 Å². The predicted octanol–water partition coefficient (Wildman–Crippen LogP) is 0.745. The Labute approximate surface area is 116 Å². The van der Waals surface area contributed by atoms with Gasteiger partial charge in [-0.15, -0.1) is 5.10 Å². The monoisotopic (exact) mass is 294 g/mol. The highest BCUT2D eigenvalue weighted by Gasteiger charge is 2.20. The number of rotatable bonds is 5. The molecule has 2 rings (SSSR count). The van der Waals surface area contributed by atoms with Gasteiger partial charge in [0.25, 0.3) is 10.0 Å². The van der Waals surface area contributed by atoms with Crippen molar-refractivity contribution < 1.29 is 13.2 Å². The molecule has 0 saturated heterocycles. The number of nitrogens with one attached hydrogen (secondary N) is 1. The second kappa shape index (κ2) is 5.85. The van der Waals surface area contributed by atoms with Gasteiger partial charge in [0.1, 0.15) is 10.6 Å². The van der Waals surface area contributed by atoms with Gasteiger partial charge in [-0.25, -0.2) is 8.42 Å². The van der Waals surface area contributed by atoms with Crippen LogP contribution in [-0.4, -0.2) is 25.7 Å². The minimum atomic E-state index is -3.82. The van der Waals surface area contributed by atoms with Gasteiger partial charge in [0.2, 0.25) is 0 Å². The molecule has 0 aliphatic carbocycles. The summed E-state index contributed by atoms with van der Waals surface area (Å²) in [5.74, 6) is 0.367. The minimum absolute atomic E-state index is 0.00797. The fourth-order valence-corrected chi connectivity index (χ4v) is 2.82. The summed E-state index contributed by atoms with van der Waals surface area (Å²) in [6.07, 6.45) is 1.45. The first kappa shape index (κ1) is 14.2. The molecule has 1 aromatic heterocycles. The molecule has 0 atom stereocenters. The molecule has 0 saturated carbocycles. The van der Waals surface area contributed by atoms with E-state index < -0.39 is 10.0 Å². The van der Waals surface area contributed by atoms with Crippen molar-refractivity contribution in [3.63, 3.8) is 0 Å². The zero-order valence-electron chi connectivity index (χ0n) is 10.8. The van der Waals surface area contributed by atoms with E-state index in [1.807, 2.05) is 0 Å². The van der Waals surface area contributed by atoms with E-state index >= 15 is 0 Å². The Hall–Kier alpha value is -2.19. The molecule has 7 nitrogen and oxygen atoms in total. The van der Waals surface area contributed by atoms with Crippen LogP contribution in [0.2, 0.25) is 0 Å². The molecule has 0 bridgehead atoms. The van der Waals surface area contributed by atoms with E-state index in [4.69, 9.17) is 10.5 Å². The Balaban J connectivity index is 2.43. The van der Waals surface area contributed by atoms with Crippen LogP contribution >= 0.6 is 0 Å². The second-order valence-corrected chi connectivity index (χ2v) is 5.55. The summed E-state index contributed by atoms with van der Waals surface area (Å²) in [6, 6.07) is 7.83. The molecule has 8 heteroatoms. The number of sulfonamides is 1. The number of aromatic nitrogens is 2. The van der Waals surface area contributed by atoms with Gasteiger partial charge in [-0.05, 0) is 29.8 Å². The third-order valence-corrected chi connectivity index (χ3v) is 3.94. The Morgan fingerprint density at radius 3 is 2.75 bits per heavy atom. The minimum Gasteiger partial charge on any atom is -0.495 e. The number of hydrogen-bond acceptors (Lipinski definition) is 6. The number of anilines is 1. The van der Waals surface area contributed by atoms with Crippen LogP contribution in [0.5, 0.6) is 5.75 Å². The van der Waals surface area contributed by atoms with Crippen molar-refractivity contribution in [2.75, 3.05) is 11.8 Å². The highest BCUT2D eigenvalue weighted by atomic mass is 32.2. The normalized spacial score (nSPS) is 11.1. The van der Waals surface area contributed by atoms with Crippen LogP contribution in [0.1, 0.15) is 5.56 Å². The zero-order valence-corrected chi connectivity index (χ0v) is 11.6. The first-order valence-corrected chi connectivity index (χ1v) is 7.22. The fourth-order valence-electron chi connectivity index (χ4n) is 1.61. The molecular weight excluding hydrogens is 280 g/mol. The fraction of sp³-hybridized carbons (Fsp3) is 0.167. The van der Waals surface area contributed by atoms with Crippen molar-refractivity contribution in [3.8, 4) is 5.75 Å². The Morgan fingerprint density at radius 2 is 2.15 bits per heavy atom. The molecule has 0 unspecified atom stereocenters. The zero-order chi connectivity index (χ0) is 14.6. The van der Waals surface area contributed by atoms with Gasteiger partial charge in [-0.1, -0.05) is 6.07 Å². The van der Waals surface area contributed by atoms with E-state index in [9.17, 15) is 8.42 Å². The van der Waals surface area contributed by atoms with Gasteiger partial charge in [0, 0.05) is 12.7 Å². The van der Waals surface area contributed by atoms with Crippen LogP contribution < -0.4 is 15.2 Å². The summed E-state index contributed by atoms with van der Waals surface area (Å²) in [6.45, 7) is 0.234. The largest absolute Gasteiger partial charge is 0.495 e. The van der Waals surface area contributed by atoms with Crippen molar-refractivity contribution in [2.24, 2.45) is 5.73 Å². The lowest BCUT2D eigenvalue weighted by Gasteiger charge is -2.11. The first-order valence-electron chi connectivity index (χ1n) is 5.74. The summed E-state index contributed by atoms with van der Waals surface area (Å²) in [5.41, 5.74) is 6.21. The summed E-state index contributed by atoms with van der Waals surface area (Å²) < 4.78 is 32.1. The maximum absolute atomic E-state index is 12.3. The van der Waals surface area contributed by atoms with E-state index in [2.05, 4.69) is 14.9 Å². The average molecular weight is 294 g/mol. The average Bonchev–Trinajstić information content (AvgIpc) is 2.47. The van der Waals surface area contributed by atoms with Crippen molar-refractivity contribution in [1.82, 2.24) is 10.2 Å². The maximum atomic E-state index is 12.3. The van der Waals surface area contributed by atoms with Gasteiger partial charge in [0.05, 0.1) is 7.11 Å². The van der Waals surface area contributed by atoms with E-state index in [0.717, 1.165) is 0 Å². The molecule has 1 heterocycles. The van der Waals surface area contributed by atoms with Gasteiger partial charge in [-0.3, -0.25) is 4.72 Å². The molecule has 0 fully saturated rings. The van der Waals surface area contributed by atoms with Crippen LogP contribution in [-0.2, 0) is 16.6 Å². The summed E-state index contributed by atoms with van der Waals surface area (Å²) in [7, 11) is -2.42. The molecule has 20 heavy (non-hydrogen) atoms. The lowest BCUT2D eigenvalue weighted by molar-refractivity contribution is 0.402. The quantitative estimate of drug-likeness (QED) is 0.842. The predicted molar refractivity (Wildman–Crippen MR) is 73.7 cm³/mol. The third kappa shape index (κ3) is 3.03. The third-order valence-electron chi connectivity index (χ3n) is 2.56. The van der Waals surface area contributed by atoms with Crippen molar-refractivity contribution in [1.29, 1.82) is 0 Å². The first-order chi connectivity index (χ1) is 9.56. The highest BCUT2D eigenvalue weighted by molar-refractivity contribution is 7.92. The second-order valence-electron chi connectivity index (χ2n) is 3.90. The van der Waals surface area contributed by atoms with Crippen LogP contribution in [0.3, 0.4) is 0 Å². The number of methoxy groups -OCH3 is 1. The standard InChI is InChI=1S/C12H14N4O3S/c1-19-10-5-4-9(8-13)7-11(10)20(17,18)16-12-3-2-6-14-15-12/h2-7H,8,13H2,1H3,(H,15,16). The van der Waals surface area contributed by atoms with Crippen LogP contribution in [0.25, 0.3) is 0 Å². The van der Waals surface area contributed by atoms with Gasteiger partial charge in [-0.2, -0.15) is 5.10 Å². The summed E-state index contributed by atoms with van der Waals surface area (Å²) in [4.78, 5) is 0.00797. The van der Waals surface area contributed by atoms with Crippen LogP contribution in [0.4, 0.5) is 5.82 Å². The van der Waals surface area contributed by atoms with Gasteiger partial charge in [0.15, 0.2) is 5.82 Å². The molecule has 0 spiro atoms. The highest BCUT2D eigenvalue weighted by Crippen LogP contribution is 2.26. The summed E-state index contributed by atoms with van der Waals surface area (Å²) in [5, 5.41) is 7.29.